The van der Waals surface area contributed by atoms with Crippen LogP contribution in [-0.2, 0) is 4.74 Å². The molecule has 130 valence electrons. The SMILES string of the molecule is COc1ccc(-n2c(I)nc3ccc(N4CCOCC4)cc32)cc1Cl. The molecule has 7 heteroatoms. The highest BCUT2D eigenvalue weighted by atomic mass is 127. The van der Waals surface area contributed by atoms with Crippen LogP contribution in [0.25, 0.3) is 16.7 Å². The molecule has 0 amide bonds. The van der Waals surface area contributed by atoms with Crippen LogP contribution in [0.3, 0.4) is 0 Å². The van der Waals surface area contributed by atoms with Gasteiger partial charge >= 0.3 is 0 Å². The van der Waals surface area contributed by atoms with E-state index in [4.69, 9.17) is 21.1 Å². The molecule has 4 rings (SSSR count). The third kappa shape index (κ3) is 3.18. The molecule has 1 aliphatic heterocycles. The van der Waals surface area contributed by atoms with Gasteiger partial charge in [0.05, 0.1) is 36.4 Å². The van der Waals surface area contributed by atoms with Crippen molar-refractivity contribution in [1.82, 2.24) is 9.55 Å². The number of methoxy groups -OCH3 is 1. The lowest BCUT2D eigenvalue weighted by atomic mass is 10.2. The fourth-order valence-corrected chi connectivity index (χ4v) is 4.14. The number of imidazole rings is 1. The van der Waals surface area contributed by atoms with Crippen molar-refractivity contribution >= 4 is 50.9 Å². The molecule has 0 radical (unpaired) electrons. The van der Waals surface area contributed by atoms with Gasteiger partial charge in [-0.15, -0.1) is 0 Å². The number of rotatable bonds is 3. The molecule has 0 aliphatic carbocycles. The van der Waals surface area contributed by atoms with Crippen molar-refractivity contribution in [2.75, 3.05) is 38.3 Å². The highest BCUT2D eigenvalue weighted by molar-refractivity contribution is 14.1. The molecule has 25 heavy (non-hydrogen) atoms. The first-order valence-corrected chi connectivity index (χ1v) is 9.47. The number of halogens is 2. The van der Waals surface area contributed by atoms with Gasteiger partial charge < -0.3 is 14.4 Å². The number of hydrogen-bond acceptors (Lipinski definition) is 4. The van der Waals surface area contributed by atoms with Crippen LogP contribution >= 0.6 is 34.2 Å². The van der Waals surface area contributed by atoms with Gasteiger partial charge in [0.1, 0.15) is 5.75 Å². The first kappa shape index (κ1) is 16.9. The van der Waals surface area contributed by atoms with Crippen LogP contribution in [0.4, 0.5) is 5.69 Å². The second kappa shape index (κ2) is 7.01. The van der Waals surface area contributed by atoms with Crippen molar-refractivity contribution in [3.05, 3.63) is 45.3 Å². The summed E-state index contributed by atoms with van der Waals surface area (Å²) < 4.78 is 13.7. The molecule has 1 aromatic heterocycles. The van der Waals surface area contributed by atoms with E-state index >= 15 is 0 Å². The Morgan fingerprint density at radius 3 is 2.60 bits per heavy atom. The fraction of sp³-hybridized carbons (Fsp3) is 0.278. The van der Waals surface area contributed by atoms with Crippen LogP contribution < -0.4 is 9.64 Å². The van der Waals surface area contributed by atoms with Crippen molar-refractivity contribution < 1.29 is 9.47 Å². The summed E-state index contributed by atoms with van der Waals surface area (Å²) in [6.45, 7) is 3.35. The van der Waals surface area contributed by atoms with Crippen LogP contribution in [0.5, 0.6) is 5.75 Å². The summed E-state index contributed by atoms with van der Waals surface area (Å²) in [7, 11) is 1.62. The standard InChI is InChI=1S/C18H17ClIN3O2/c1-24-17-5-3-13(10-14(17)19)23-16-11-12(22-6-8-25-9-7-22)2-4-15(16)21-18(23)20/h2-5,10-11H,6-9H2,1H3. The van der Waals surface area contributed by atoms with Crippen molar-refractivity contribution in [1.29, 1.82) is 0 Å². The van der Waals surface area contributed by atoms with Gasteiger partial charge in [-0.05, 0) is 36.4 Å². The van der Waals surface area contributed by atoms with Gasteiger partial charge in [-0.2, -0.15) is 0 Å². The summed E-state index contributed by atoms with van der Waals surface area (Å²) in [5.74, 6) is 0.666. The van der Waals surface area contributed by atoms with Crippen molar-refractivity contribution in [2.24, 2.45) is 0 Å². The number of benzene rings is 2. The highest BCUT2D eigenvalue weighted by Gasteiger charge is 2.16. The first-order valence-electron chi connectivity index (χ1n) is 8.02. The molecule has 1 saturated heterocycles. The lowest BCUT2D eigenvalue weighted by Crippen LogP contribution is -2.36. The first-order chi connectivity index (χ1) is 12.2. The Bertz CT molecular complexity index is 922. The van der Waals surface area contributed by atoms with E-state index in [0.717, 1.165) is 46.9 Å². The van der Waals surface area contributed by atoms with Gasteiger partial charge in [0.15, 0.2) is 3.83 Å². The van der Waals surface area contributed by atoms with E-state index in [-0.39, 0.29) is 0 Å². The molecule has 2 heterocycles. The van der Waals surface area contributed by atoms with E-state index < -0.39 is 0 Å². The fourth-order valence-electron chi connectivity index (χ4n) is 3.09. The largest absolute Gasteiger partial charge is 0.495 e. The third-order valence-electron chi connectivity index (χ3n) is 4.37. The van der Waals surface area contributed by atoms with Crippen LogP contribution in [0.2, 0.25) is 5.02 Å². The average molecular weight is 470 g/mol. The van der Waals surface area contributed by atoms with Gasteiger partial charge in [-0.1, -0.05) is 11.6 Å². The van der Waals surface area contributed by atoms with E-state index in [9.17, 15) is 0 Å². The zero-order valence-corrected chi connectivity index (χ0v) is 16.6. The molecular weight excluding hydrogens is 453 g/mol. The molecule has 0 atom stereocenters. The molecule has 1 fully saturated rings. The van der Waals surface area contributed by atoms with E-state index in [0.29, 0.717) is 10.8 Å². The van der Waals surface area contributed by atoms with Crippen LogP contribution in [0.1, 0.15) is 0 Å². The Balaban J connectivity index is 1.82. The lowest BCUT2D eigenvalue weighted by Gasteiger charge is -2.28. The molecule has 0 spiro atoms. The molecule has 0 bridgehead atoms. The number of ether oxygens (including phenoxy) is 2. The molecule has 3 aromatic rings. The van der Waals surface area contributed by atoms with Crippen LogP contribution in [-0.4, -0.2) is 43.0 Å². The summed E-state index contributed by atoms with van der Waals surface area (Å²) >= 11 is 8.58. The minimum atomic E-state index is 0.585. The summed E-state index contributed by atoms with van der Waals surface area (Å²) in [5.41, 5.74) is 4.19. The minimum absolute atomic E-state index is 0.585. The Morgan fingerprint density at radius 2 is 1.88 bits per heavy atom. The van der Waals surface area contributed by atoms with E-state index in [1.165, 1.54) is 5.69 Å². The summed E-state index contributed by atoms with van der Waals surface area (Å²) in [6, 6.07) is 12.2. The molecule has 1 aliphatic rings. The molecular formula is C18H17ClIN3O2. The van der Waals surface area contributed by atoms with E-state index in [1.807, 2.05) is 18.2 Å². The maximum atomic E-state index is 6.32. The quantitative estimate of drug-likeness (QED) is 0.541. The predicted molar refractivity (Wildman–Crippen MR) is 108 cm³/mol. The van der Waals surface area contributed by atoms with Crippen molar-refractivity contribution in [3.63, 3.8) is 0 Å². The Morgan fingerprint density at radius 1 is 1.12 bits per heavy atom. The van der Waals surface area contributed by atoms with Crippen molar-refractivity contribution in [3.8, 4) is 11.4 Å². The van der Waals surface area contributed by atoms with E-state index in [1.54, 1.807) is 7.11 Å². The Labute approximate surface area is 164 Å². The lowest BCUT2D eigenvalue weighted by molar-refractivity contribution is 0.122. The van der Waals surface area contributed by atoms with Gasteiger partial charge in [0, 0.05) is 47.1 Å². The summed E-state index contributed by atoms with van der Waals surface area (Å²) in [6.07, 6.45) is 0. The van der Waals surface area contributed by atoms with Gasteiger partial charge in [-0.3, -0.25) is 4.57 Å². The zero-order chi connectivity index (χ0) is 17.4. The molecule has 5 nitrogen and oxygen atoms in total. The van der Waals surface area contributed by atoms with Crippen LogP contribution in [0, 0.1) is 3.83 Å². The maximum Gasteiger partial charge on any atom is 0.177 e. The topological polar surface area (TPSA) is 39.5 Å². The maximum absolute atomic E-state index is 6.32. The number of hydrogen-bond donors (Lipinski definition) is 0. The Hall–Kier alpha value is -1.51. The van der Waals surface area contributed by atoms with E-state index in [2.05, 4.69) is 55.2 Å². The predicted octanol–water partition coefficient (Wildman–Crippen LogP) is 4.13. The van der Waals surface area contributed by atoms with Gasteiger partial charge in [0.25, 0.3) is 0 Å². The Kier molecular flexibility index (Phi) is 4.75. The summed E-state index contributed by atoms with van der Waals surface area (Å²) in [5, 5.41) is 0.585. The minimum Gasteiger partial charge on any atom is -0.495 e. The number of fused-ring (bicyclic) bond motifs is 1. The molecule has 0 N–H and O–H groups in total. The third-order valence-corrected chi connectivity index (χ3v) is 5.39. The zero-order valence-electron chi connectivity index (χ0n) is 13.7. The number of morpholine rings is 1. The number of aromatic nitrogens is 2. The normalized spacial score (nSPS) is 14.9. The second-order valence-electron chi connectivity index (χ2n) is 5.81. The monoisotopic (exact) mass is 469 g/mol. The molecule has 0 unspecified atom stereocenters. The number of nitrogens with zero attached hydrogens (tertiary/aromatic N) is 3. The van der Waals surface area contributed by atoms with Gasteiger partial charge in [-0.25, -0.2) is 4.98 Å². The highest BCUT2D eigenvalue weighted by Crippen LogP contribution is 2.31. The smallest absolute Gasteiger partial charge is 0.177 e. The van der Waals surface area contributed by atoms with Crippen LogP contribution in [0.15, 0.2) is 36.4 Å². The van der Waals surface area contributed by atoms with Crippen molar-refractivity contribution in [2.45, 2.75) is 0 Å². The number of anilines is 1. The molecule has 0 saturated carbocycles. The molecule has 2 aromatic carbocycles. The average Bonchev–Trinajstić information content (AvgIpc) is 2.97. The van der Waals surface area contributed by atoms with Gasteiger partial charge in [0.2, 0.25) is 0 Å². The second-order valence-corrected chi connectivity index (χ2v) is 7.18. The summed E-state index contributed by atoms with van der Waals surface area (Å²) in [4.78, 5) is 7.02.